The molecule has 1 saturated heterocycles. The Morgan fingerprint density at radius 3 is 2.86 bits per heavy atom. The van der Waals surface area contributed by atoms with Crippen molar-refractivity contribution in [3.8, 4) is 0 Å². The van der Waals surface area contributed by atoms with E-state index in [1.807, 2.05) is 12.1 Å². The highest BCUT2D eigenvalue weighted by atomic mass is 32.2. The van der Waals surface area contributed by atoms with Crippen LogP contribution in [0.15, 0.2) is 29.4 Å². The van der Waals surface area contributed by atoms with Gasteiger partial charge in [-0.05, 0) is 24.6 Å². The minimum atomic E-state index is -3.22. The van der Waals surface area contributed by atoms with Gasteiger partial charge < -0.3 is 16.5 Å². The third-order valence-electron chi connectivity index (χ3n) is 3.85. The lowest BCUT2D eigenvalue weighted by molar-refractivity contribution is 0.0976. The van der Waals surface area contributed by atoms with Gasteiger partial charge in [-0.1, -0.05) is 18.2 Å². The molecular formula is C14H20N4O3S. The largest absolute Gasteiger partial charge is 0.322 e. The predicted molar refractivity (Wildman–Crippen MR) is 85.4 cm³/mol. The van der Waals surface area contributed by atoms with Gasteiger partial charge in [0.2, 0.25) is 0 Å². The van der Waals surface area contributed by atoms with Crippen molar-refractivity contribution in [2.24, 2.45) is 10.9 Å². The van der Waals surface area contributed by atoms with Crippen LogP contribution in [0, 0.1) is 0 Å². The Morgan fingerprint density at radius 1 is 1.45 bits per heavy atom. The van der Waals surface area contributed by atoms with Crippen LogP contribution in [-0.2, 0) is 9.84 Å². The molecule has 8 heteroatoms. The fraction of sp³-hybridized carbons (Fsp3) is 0.429. The van der Waals surface area contributed by atoms with E-state index in [0.29, 0.717) is 18.5 Å². The van der Waals surface area contributed by atoms with Crippen LogP contribution in [0.2, 0.25) is 0 Å². The molecule has 2 atom stereocenters. The number of rotatable bonds is 4. The summed E-state index contributed by atoms with van der Waals surface area (Å²) >= 11 is 0. The first-order valence-corrected chi connectivity index (χ1v) is 8.91. The summed E-state index contributed by atoms with van der Waals surface area (Å²) in [5.41, 5.74) is 1.19. The van der Waals surface area contributed by atoms with Gasteiger partial charge in [0.05, 0.1) is 5.25 Å². The van der Waals surface area contributed by atoms with E-state index in [9.17, 15) is 13.2 Å². The Labute approximate surface area is 129 Å². The Morgan fingerprint density at radius 2 is 2.18 bits per heavy atom. The number of carbonyl (C=O) groups is 1. The molecule has 0 aromatic heterocycles. The molecule has 22 heavy (non-hydrogen) atoms. The van der Waals surface area contributed by atoms with E-state index in [-0.39, 0.29) is 11.8 Å². The predicted octanol–water partition coefficient (Wildman–Crippen LogP) is -0.191. The van der Waals surface area contributed by atoms with Gasteiger partial charge in [-0.25, -0.2) is 8.42 Å². The maximum Gasteiger partial charge on any atom is 0.256 e. The number of benzene rings is 1. The first kappa shape index (κ1) is 16.4. The first-order chi connectivity index (χ1) is 10.4. The van der Waals surface area contributed by atoms with Crippen molar-refractivity contribution in [1.29, 1.82) is 0 Å². The van der Waals surface area contributed by atoms with Gasteiger partial charge in [0.1, 0.15) is 6.34 Å². The molecule has 0 bridgehead atoms. The molecule has 0 radical (unpaired) electrons. The minimum absolute atomic E-state index is 0.215. The fourth-order valence-electron chi connectivity index (χ4n) is 2.84. The second-order valence-electron chi connectivity index (χ2n) is 5.31. The highest BCUT2D eigenvalue weighted by Gasteiger charge is 2.35. The molecule has 1 aromatic carbocycles. The van der Waals surface area contributed by atoms with E-state index >= 15 is 0 Å². The average Bonchev–Trinajstić information content (AvgIpc) is 2.52. The van der Waals surface area contributed by atoms with Crippen LogP contribution in [0.4, 0.5) is 0 Å². The number of nitrogens with one attached hydrogen (secondary N) is 2. The summed E-state index contributed by atoms with van der Waals surface area (Å²) in [6.45, 7) is 1.11. The normalized spacial score (nSPS) is 22.6. The molecule has 0 spiro atoms. The van der Waals surface area contributed by atoms with Gasteiger partial charge in [-0.3, -0.25) is 4.79 Å². The number of hydrogen-bond donors (Lipinski definition) is 3. The lowest BCUT2D eigenvalue weighted by atomic mass is 9.86. The molecule has 1 aliphatic rings. The summed E-state index contributed by atoms with van der Waals surface area (Å²) in [4.78, 5) is 12.2. The van der Waals surface area contributed by atoms with Crippen molar-refractivity contribution in [3.05, 3.63) is 35.4 Å². The van der Waals surface area contributed by atoms with E-state index in [2.05, 4.69) is 15.7 Å². The van der Waals surface area contributed by atoms with Crippen molar-refractivity contribution >= 4 is 22.1 Å². The molecule has 7 nitrogen and oxygen atoms in total. The van der Waals surface area contributed by atoms with Gasteiger partial charge >= 0.3 is 0 Å². The quantitative estimate of drug-likeness (QED) is 0.307. The van der Waals surface area contributed by atoms with Gasteiger partial charge in [0, 0.05) is 24.3 Å². The van der Waals surface area contributed by atoms with Crippen LogP contribution in [0.25, 0.3) is 0 Å². The number of carbonyl (C=O) groups excluding carboxylic acids is 1. The number of nitrogens with zero attached hydrogens (tertiary/aromatic N) is 1. The molecule has 1 aliphatic heterocycles. The maximum atomic E-state index is 12.2. The summed E-state index contributed by atoms with van der Waals surface area (Å²) in [5, 5.41) is 8.26. The van der Waals surface area contributed by atoms with Crippen molar-refractivity contribution in [1.82, 2.24) is 10.6 Å². The van der Waals surface area contributed by atoms with Crippen LogP contribution >= 0.6 is 0 Å². The average molecular weight is 324 g/mol. The van der Waals surface area contributed by atoms with Crippen LogP contribution in [0.1, 0.15) is 28.3 Å². The number of nitrogens with two attached hydrogens (primary N) is 1. The number of hydrazone groups is 1. The Kier molecular flexibility index (Phi) is 5.15. The summed E-state index contributed by atoms with van der Waals surface area (Å²) in [6.07, 6.45) is 3.00. The summed E-state index contributed by atoms with van der Waals surface area (Å²) in [7, 11) is -3.22. The summed E-state index contributed by atoms with van der Waals surface area (Å²) in [6, 6.07) is 7.04. The first-order valence-electron chi connectivity index (χ1n) is 6.96. The standard InChI is InChI=1S/C14H20N4O3S/c1-22(20,21)13-8-16-7-6-11(13)10-4-2-3-5-12(10)14(19)17-9-18-15/h2-5,9,11,13,16H,6-8,15H2,1H3,(H,17,18,19). The number of amides is 1. The van der Waals surface area contributed by atoms with E-state index in [0.717, 1.165) is 18.4 Å². The topological polar surface area (TPSA) is 114 Å². The van der Waals surface area contributed by atoms with Crippen LogP contribution in [0.3, 0.4) is 0 Å². The zero-order valence-electron chi connectivity index (χ0n) is 12.3. The smallest absolute Gasteiger partial charge is 0.256 e. The van der Waals surface area contributed by atoms with Crippen LogP contribution in [-0.4, -0.2) is 45.3 Å². The number of sulfone groups is 1. The molecule has 1 aromatic rings. The third-order valence-corrected chi connectivity index (χ3v) is 5.45. The molecule has 4 N–H and O–H groups in total. The number of hydrogen-bond acceptors (Lipinski definition) is 6. The molecule has 0 aliphatic carbocycles. The maximum absolute atomic E-state index is 12.2. The summed E-state index contributed by atoms with van der Waals surface area (Å²) in [5.74, 6) is 4.42. The van der Waals surface area contributed by atoms with Crippen molar-refractivity contribution in [3.63, 3.8) is 0 Å². The van der Waals surface area contributed by atoms with Crippen LogP contribution < -0.4 is 16.5 Å². The van der Waals surface area contributed by atoms with E-state index < -0.39 is 15.1 Å². The van der Waals surface area contributed by atoms with Gasteiger partial charge in [-0.15, -0.1) is 0 Å². The van der Waals surface area contributed by atoms with Crippen LogP contribution in [0.5, 0.6) is 0 Å². The zero-order chi connectivity index (χ0) is 16.2. The monoisotopic (exact) mass is 324 g/mol. The molecule has 1 heterocycles. The molecule has 1 amide bonds. The van der Waals surface area contributed by atoms with Crippen molar-refractivity contribution in [2.75, 3.05) is 19.3 Å². The van der Waals surface area contributed by atoms with E-state index in [4.69, 9.17) is 5.84 Å². The lowest BCUT2D eigenvalue weighted by Gasteiger charge is -2.32. The zero-order valence-corrected chi connectivity index (χ0v) is 13.1. The molecule has 0 saturated carbocycles. The van der Waals surface area contributed by atoms with Crippen molar-refractivity contribution < 1.29 is 13.2 Å². The number of piperidine rings is 1. The second kappa shape index (κ2) is 6.89. The highest BCUT2D eigenvalue weighted by molar-refractivity contribution is 7.91. The van der Waals surface area contributed by atoms with E-state index in [1.165, 1.54) is 6.26 Å². The van der Waals surface area contributed by atoms with Crippen molar-refractivity contribution in [2.45, 2.75) is 17.6 Å². The molecular weight excluding hydrogens is 304 g/mol. The van der Waals surface area contributed by atoms with Gasteiger partial charge in [0.15, 0.2) is 9.84 Å². The third kappa shape index (κ3) is 3.63. The molecule has 2 rings (SSSR count). The van der Waals surface area contributed by atoms with Gasteiger partial charge in [0.25, 0.3) is 5.91 Å². The minimum Gasteiger partial charge on any atom is -0.322 e. The molecule has 2 unspecified atom stereocenters. The fourth-order valence-corrected chi connectivity index (χ4v) is 4.14. The Hall–Kier alpha value is -1.93. The Balaban J connectivity index is 2.40. The van der Waals surface area contributed by atoms with Gasteiger partial charge in [-0.2, -0.15) is 5.10 Å². The van der Waals surface area contributed by atoms with E-state index in [1.54, 1.807) is 12.1 Å². The molecule has 120 valence electrons. The highest BCUT2D eigenvalue weighted by Crippen LogP contribution is 2.32. The molecule has 1 fully saturated rings. The summed E-state index contributed by atoms with van der Waals surface area (Å²) < 4.78 is 24.1. The second-order valence-corrected chi connectivity index (χ2v) is 7.57. The Bertz CT molecular complexity index is 672. The lowest BCUT2D eigenvalue weighted by Crippen LogP contribution is -2.44. The SMILES string of the molecule is CS(=O)(=O)C1CNCCC1c1ccccc1C(=O)NC=NN.